The third-order valence-electron chi connectivity index (χ3n) is 4.60. The number of piperidine rings is 1. The topological polar surface area (TPSA) is 67.4 Å². The zero-order chi connectivity index (χ0) is 21.3. The Hall–Kier alpha value is -2.24. The summed E-state index contributed by atoms with van der Waals surface area (Å²) in [4.78, 5) is -0.332. The van der Waals surface area contributed by atoms with E-state index >= 15 is 0 Å². The largest absolute Gasteiger partial charge is 0.573 e. The molecule has 1 saturated heterocycles. The minimum Gasteiger partial charge on any atom is -0.406 e. The summed E-state index contributed by atoms with van der Waals surface area (Å²) < 4.78 is 96.9. The van der Waals surface area contributed by atoms with Crippen LogP contribution in [0, 0.1) is 11.6 Å². The molecule has 2 aromatic carbocycles. The molecule has 3 rings (SSSR count). The van der Waals surface area contributed by atoms with Crippen molar-refractivity contribution in [2.75, 3.05) is 13.1 Å². The van der Waals surface area contributed by atoms with Crippen molar-refractivity contribution in [3.8, 4) is 5.75 Å². The molecular weight excluding hydrogens is 419 g/mol. The van der Waals surface area contributed by atoms with Gasteiger partial charge in [0.05, 0.1) is 10.4 Å². The Morgan fingerprint density at radius 3 is 2.21 bits per heavy atom. The van der Waals surface area contributed by atoms with Crippen LogP contribution in [0.15, 0.2) is 47.4 Å². The molecule has 29 heavy (non-hydrogen) atoms. The average molecular weight is 436 g/mol. The van der Waals surface area contributed by atoms with Crippen molar-refractivity contribution >= 4 is 10.0 Å². The smallest absolute Gasteiger partial charge is 0.406 e. The molecule has 1 aliphatic heterocycles. The highest BCUT2D eigenvalue weighted by molar-refractivity contribution is 7.89. The van der Waals surface area contributed by atoms with Crippen molar-refractivity contribution in [3.05, 3.63) is 59.7 Å². The molecule has 0 atom stereocenters. The number of ether oxygens (including phenoxy) is 1. The lowest BCUT2D eigenvalue weighted by molar-refractivity contribution is -0.274. The zero-order valence-electron chi connectivity index (χ0n) is 14.9. The van der Waals surface area contributed by atoms with Gasteiger partial charge in [0.25, 0.3) is 0 Å². The van der Waals surface area contributed by atoms with Crippen molar-refractivity contribution in [3.63, 3.8) is 0 Å². The predicted octanol–water partition coefficient (Wildman–Crippen LogP) is 3.42. The van der Waals surface area contributed by atoms with Crippen LogP contribution in [0.1, 0.15) is 18.4 Å². The van der Waals surface area contributed by atoms with Crippen molar-refractivity contribution in [2.24, 2.45) is 0 Å². The second-order valence-corrected chi connectivity index (χ2v) is 8.26. The first-order chi connectivity index (χ1) is 13.5. The van der Waals surface area contributed by atoms with Gasteiger partial charge in [-0.3, -0.25) is 0 Å². The molecule has 0 amide bonds. The molecule has 11 heteroatoms. The summed E-state index contributed by atoms with van der Waals surface area (Å²) in [6, 6.07) is 6.41. The first-order valence-electron chi connectivity index (χ1n) is 8.57. The first kappa shape index (κ1) is 21.5. The van der Waals surface area contributed by atoms with Crippen LogP contribution in [0.4, 0.5) is 22.0 Å². The number of sulfonamides is 1. The van der Waals surface area contributed by atoms with Crippen LogP contribution in [-0.4, -0.2) is 27.9 Å². The number of hydrogen-bond acceptors (Lipinski definition) is 4. The summed E-state index contributed by atoms with van der Waals surface area (Å²) >= 11 is 0. The quantitative estimate of drug-likeness (QED) is 0.705. The molecule has 2 N–H and O–H groups in total. The first-order valence-corrected chi connectivity index (χ1v) is 10.1. The molecule has 158 valence electrons. The Morgan fingerprint density at radius 2 is 1.62 bits per heavy atom. The zero-order valence-corrected chi connectivity index (χ0v) is 15.7. The Morgan fingerprint density at radius 1 is 1.00 bits per heavy atom. The Kier molecular flexibility index (Phi) is 5.84. The molecule has 1 fully saturated rings. The molecule has 0 spiro atoms. The normalized spacial score (nSPS) is 17.1. The van der Waals surface area contributed by atoms with E-state index in [1.165, 1.54) is 0 Å². The van der Waals surface area contributed by atoms with Crippen molar-refractivity contribution in [1.29, 1.82) is 0 Å². The molecule has 0 aliphatic carbocycles. The Bertz CT molecular complexity index is 972. The van der Waals surface area contributed by atoms with E-state index in [0.29, 0.717) is 13.1 Å². The number of alkyl halides is 3. The fourth-order valence-electron chi connectivity index (χ4n) is 3.28. The molecule has 0 unspecified atom stereocenters. The number of nitrogens with one attached hydrogen (secondary N) is 2. The maximum absolute atomic E-state index is 14.4. The lowest BCUT2D eigenvalue weighted by Gasteiger charge is -2.38. The van der Waals surface area contributed by atoms with E-state index in [1.807, 2.05) is 0 Å². The molecular formula is C18H17F5N2O3S. The van der Waals surface area contributed by atoms with Crippen LogP contribution in [0.3, 0.4) is 0 Å². The van der Waals surface area contributed by atoms with Gasteiger partial charge < -0.3 is 10.1 Å². The second kappa shape index (κ2) is 7.88. The van der Waals surface area contributed by atoms with Gasteiger partial charge in [-0.1, -0.05) is 0 Å². The third-order valence-corrected chi connectivity index (χ3v) is 6.15. The summed E-state index contributed by atoms with van der Waals surface area (Å²) in [5.41, 5.74) is -1.53. The van der Waals surface area contributed by atoms with Crippen LogP contribution < -0.4 is 14.8 Å². The molecule has 1 heterocycles. The van der Waals surface area contributed by atoms with Gasteiger partial charge in [0, 0.05) is 5.56 Å². The van der Waals surface area contributed by atoms with Crippen molar-refractivity contribution in [1.82, 2.24) is 10.0 Å². The van der Waals surface area contributed by atoms with Crippen molar-refractivity contribution in [2.45, 2.75) is 29.6 Å². The van der Waals surface area contributed by atoms with Gasteiger partial charge in [-0.05, 0) is 68.4 Å². The summed E-state index contributed by atoms with van der Waals surface area (Å²) in [6.07, 6.45) is -4.60. The van der Waals surface area contributed by atoms with E-state index < -0.39 is 39.3 Å². The summed E-state index contributed by atoms with van der Waals surface area (Å²) in [6.45, 7) is 0.716. The minimum atomic E-state index is -4.91. The van der Waals surface area contributed by atoms with Crippen molar-refractivity contribution < 1.29 is 35.1 Å². The standard InChI is InChI=1S/C18H17F5N2O3S/c19-12-1-6-16(20)15(11-12)17(7-9-24-10-8-17)25-29(26,27)14-4-2-13(3-5-14)28-18(21,22)23/h1-6,11,24-25H,7-10H2. The van der Waals surface area contributed by atoms with E-state index in [2.05, 4.69) is 14.8 Å². The van der Waals surface area contributed by atoms with Crippen LogP contribution in [0.25, 0.3) is 0 Å². The predicted molar refractivity (Wildman–Crippen MR) is 93.6 cm³/mol. The molecule has 0 saturated carbocycles. The molecule has 0 radical (unpaired) electrons. The highest BCUT2D eigenvalue weighted by Crippen LogP contribution is 2.35. The third kappa shape index (κ3) is 5.03. The van der Waals surface area contributed by atoms with Gasteiger partial charge in [-0.2, -0.15) is 0 Å². The fourth-order valence-corrected chi connectivity index (χ4v) is 4.72. The average Bonchev–Trinajstić information content (AvgIpc) is 2.63. The van der Waals surface area contributed by atoms with Crippen LogP contribution in [0.2, 0.25) is 0 Å². The van der Waals surface area contributed by atoms with E-state index in [0.717, 1.165) is 42.5 Å². The Balaban J connectivity index is 1.94. The van der Waals surface area contributed by atoms with Gasteiger partial charge >= 0.3 is 6.36 Å². The van der Waals surface area contributed by atoms with E-state index in [1.54, 1.807) is 0 Å². The van der Waals surface area contributed by atoms with Gasteiger partial charge in [0.2, 0.25) is 10.0 Å². The highest BCUT2D eigenvalue weighted by atomic mass is 32.2. The molecule has 2 aromatic rings. The highest BCUT2D eigenvalue weighted by Gasteiger charge is 2.40. The van der Waals surface area contributed by atoms with E-state index in [9.17, 15) is 30.4 Å². The molecule has 5 nitrogen and oxygen atoms in total. The maximum Gasteiger partial charge on any atom is 0.573 e. The fraction of sp³-hybridized carbons (Fsp3) is 0.333. The van der Waals surface area contributed by atoms with Crippen LogP contribution >= 0.6 is 0 Å². The summed E-state index contributed by atoms with van der Waals surface area (Å²) in [7, 11) is -4.26. The number of rotatable bonds is 5. The van der Waals surface area contributed by atoms with Crippen LogP contribution in [-0.2, 0) is 15.6 Å². The lowest BCUT2D eigenvalue weighted by Crippen LogP contribution is -2.52. The summed E-state index contributed by atoms with van der Waals surface area (Å²) in [5.74, 6) is -2.05. The van der Waals surface area contributed by atoms with E-state index in [4.69, 9.17) is 0 Å². The maximum atomic E-state index is 14.4. The van der Waals surface area contributed by atoms with Gasteiger partial charge in [-0.15, -0.1) is 13.2 Å². The van der Waals surface area contributed by atoms with Gasteiger partial charge in [-0.25, -0.2) is 21.9 Å². The SMILES string of the molecule is O=S(=O)(NC1(c2cc(F)ccc2F)CCNCC1)c1ccc(OC(F)(F)F)cc1. The molecule has 0 aromatic heterocycles. The molecule has 1 aliphatic rings. The second-order valence-electron chi connectivity index (χ2n) is 6.58. The van der Waals surface area contributed by atoms with E-state index in [-0.39, 0.29) is 23.3 Å². The van der Waals surface area contributed by atoms with Gasteiger partial charge in [0.15, 0.2) is 0 Å². The monoisotopic (exact) mass is 436 g/mol. The number of benzene rings is 2. The summed E-state index contributed by atoms with van der Waals surface area (Å²) in [5, 5.41) is 3.02. The number of hydrogen-bond donors (Lipinski definition) is 2. The minimum absolute atomic E-state index is 0.125. The van der Waals surface area contributed by atoms with Crippen LogP contribution in [0.5, 0.6) is 5.75 Å². The number of halogens is 5. The lowest BCUT2D eigenvalue weighted by atomic mass is 9.82. The van der Waals surface area contributed by atoms with Gasteiger partial charge in [0.1, 0.15) is 17.4 Å². The molecule has 0 bridgehead atoms. The Labute approximate surface area is 163 Å².